The summed E-state index contributed by atoms with van der Waals surface area (Å²) in [5.74, 6) is 0. The third-order valence-corrected chi connectivity index (χ3v) is 2.97. The summed E-state index contributed by atoms with van der Waals surface area (Å²) in [4.78, 5) is 2.39. The standard InChI is InChI=1S/C11H21F3N2O/c1-2-16-6-3-4-10(16)8-15-5-7-17-9-11(12,13)14/h10,15H,2-9H2,1H3. The van der Waals surface area contributed by atoms with Crippen LogP contribution in [0.3, 0.4) is 0 Å². The van der Waals surface area contributed by atoms with Crippen molar-refractivity contribution in [1.29, 1.82) is 0 Å². The minimum absolute atomic E-state index is 0.109. The van der Waals surface area contributed by atoms with Gasteiger partial charge in [-0.3, -0.25) is 4.90 Å². The molecule has 0 bridgehead atoms. The Kier molecular flexibility index (Phi) is 6.22. The predicted octanol–water partition coefficient (Wildman–Crippen LogP) is 1.64. The minimum Gasteiger partial charge on any atom is -0.371 e. The Balaban J connectivity index is 1.97. The van der Waals surface area contributed by atoms with Crippen LogP contribution in [0.5, 0.6) is 0 Å². The van der Waals surface area contributed by atoms with Gasteiger partial charge < -0.3 is 10.1 Å². The van der Waals surface area contributed by atoms with Gasteiger partial charge in [-0.25, -0.2) is 0 Å². The van der Waals surface area contributed by atoms with E-state index in [2.05, 4.69) is 21.9 Å². The van der Waals surface area contributed by atoms with E-state index in [1.54, 1.807) is 0 Å². The van der Waals surface area contributed by atoms with Crippen LogP contribution in [0.25, 0.3) is 0 Å². The SMILES string of the molecule is CCN1CCCC1CNCCOCC(F)(F)F. The lowest BCUT2D eigenvalue weighted by Crippen LogP contribution is -2.38. The molecule has 1 N–H and O–H groups in total. The molecule has 0 saturated carbocycles. The lowest BCUT2D eigenvalue weighted by molar-refractivity contribution is -0.173. The van der Waals surface area contributed by atoms with Gasteiger partial charge in [-0.15, -0.1) is 0 Å². The Morgan fingerprint density at radius 1 is 1.41 bits per heavy atom. The number of nitrogens with zero attached hydrogens (tertiary/aromatic N) is 1. The second-order valence-electron chi connectivity index (χ2n) is 4.30. The first kappa shape index (κ1) is 14.7. The number of likely N-dealkylation sites (N-methyl/N-ethyl adjacent to an activating group) is 1. The van der Waals surface area contributed by atoms with E-state index < -0.39 is 12.8 Å². The highest BCUT2D eigenvalue weighted by atomic mass is 19.4. The first-order chi connectivity index (χ1) is 8.03. The van der Waals surface area contributed by atoms with E-state index in [0.717, 1.165) is 19.6 Å². The summed E-state index contributed by atoms with van der Waals surface area (Å²) >= 11 is 0. The Bertz CT molecular complexity index is 211. The van der Waals surface area contributed by atoms with Crippen LogP contribution in [0, 0.1) is 0 Å². The molecule has 1 unspecified atom stereocenters. The van der Waals surface area contributed by atoms with Crippen molar-refractivity contribution in [1.82, 2.24) is 10.2 Å². The largest absolute Gasteiger partial charge is 0.411 e. The topological polar surface area (TPSA) is 24.5 Å². The van der Waals surface area contributed by atoms with Crippen LogP contribution < -0.4 is 5.32 Å². The van der Waals surface area contributed by atoms with E-state index in [-0.39, 0.29) is 6.61 Å². The van der Waals surface area contributed by atoms with Crippen molar-refractivity contribution < 1.29 is 17.9 Å². The van der Waals surface area contributed by atoms with Gasteiger partial charge in [-0.05, 0) is 25.9 Å². The number of ether oxygens (including phenoxy) is 1. The minimum atomic E-state index is -4.22. The molecule has 17 heavy (non-hydrogen) atoms. The summed E-state index contributed by atoms with van der Waals surface area (Å²) in [6, 6.07) is 0.530. The molecule has 0 aromatic heterocycles. The van der Waals surface area contributed by atoms with Crippen molar-refractivity contribution in [3.63, 3.8) is 0 Å². The van der Waals surface area contributed by atoms with E-state index in [9.17, 15) is 13.2 Å². The highest BCUT2D eigenvalue weighted by Gasteiger charge is 2.27. The van der Waals surface area contributed by atoms with Crippen molar-refractivity contribution in [2.75, 3.05) is 39.4 Å². The molecular weight excluding hydrogens is 233 g/mol. The number of halogens is 3. The van der Waals surface area contributed by atoms with E-state index >= 15 is 0 Å². The predicted molar refractivity (Wildman–Crippen MR) is 60.0 cm³/mol. The number of likely N-dealkylation sites (tertiary alicyclic amines) is 1. The van der Waals surface area contributed by atoms with Gasteiger partial charge >= 0.3 is 6.18 Å². The molecule has 0 spiro atoms. The van der Waals surface area contributed by atoms with Crippen LogP contribution in [0.15, 0.2) is 0 Å². The highest BCUT2D eigenvalue weighted by Crippen LogP contribution is 2.15. The molecule has 0 radical (unpaired) electrons. The number of alkyl halides is 3. The molecule has 1 atom stereocenters. The molecule has 0 aromatic carbocycles. The van der Waals surface area contributed by atoms with Crippen LogP contribution in [0.4, 0.5) is 13.2 Å². The van der Waals surface area contributed by atoms with Gasteiger partial charge in [0.15, 0.2) is 0 Å². The smallest absolute Gasteiger partial charge is 0.371 e. The maximum absolute atomic E-state index is 11.8. The summed E-state index contributed by atoms with van der Waals surface area (Å²) in [7, 11) is 0. The molecule has 1 saturated heterocycles. The first-order valence-corrected chi connectivity index (χ1v) is 6.12. The monoisotopic (exact) mass is 254 g/mol. The van der Waals surface area contributed by atoms with E-state index in [1.807, 2.05) is 0 Å². The van der Waals surface area contributed by atoms with Gasteiger partial charge in [0.25, 0.3) is 0 Å². The fraction of sp³-hybridized carbons (Fsp3) is 1.00. The molecular formula is C11H21F3N2O. The Hall–Kier alpha value is -0.330. The zero-order chi connectivity index (χ0) is 12.7. The lowest BCUT2D eigenvalue weighted by atomic mass is 10.2. The molecule has 102 valence electrons. The lowest BCUT2D eigenvalue weighted by Gasteiger charge is -2.22. The van der Waals surface area contributed by atoms with Crippen molar-refractivity contribution >= 4 is 0 Å². The van der Waals surface area contributed by atoms with E-state index in [4.69, 9.17) is 0 Å². The van der Waals surface area contributed by atoms with Crippen LogP contribution >= 0.6 is 0 Å². The van der Waals surface area contributed by atoms with Gasteiger partial charge in [0, 0.05) is 19.1 Å². The van der Waals surface area contributed by atoms with Gasteiger partial charge in [-0.2, -0.15) is 13.2 Å². The fourth-order valence-electron chi connectivity index (χ4n) is 2.14. The van der Waals surface area contributed by atoms with Crippen molar-refractivity contribution in [2.45, 2.75) is 32.0 Å². The van der Waals surface area contributed by atoms with Crippen LogP contribution in [-0.4, -0.2) is 56.5 Å². The summed E-state index contributed by atoms with van der Waals surface area (Å²) in [5.41, 5.74) is 0. The number of nitrogens with one attached hydrogen (secondary N) is 1. The quantitative estimate of drug-likeness (QED) is 0.699. The molecule has 0 aromatic rings. The van der Waals surface area contributed by atoms with Gasteiger partial charge in [-0.1, -0.05) is 6.92 Å². The van der Waals surface area contributed by atoms with E-state index in [0.29, 0.717) is 12.6 Å². The molecule has 0 aliphatic carbocycles. The third-order valence-electron chi connectivity index (χ3n) is 2.97. The van der Waals surface area contributed by atoms with Crippen molar-refractivity contribution in [2.24, 2.45) is 0 Å². The summed E-state index contributed by atoms with van der Waals surface area (Å²) in [6.45, 7) is 4.57. The molecule has 1 aliphatic heterocycles. The molecule has 0 amide bonds. The molecule has 1 fully saturated rings. The molecule has 1 heterocycles. The van der Waals surface area contributed by atoms with Gasteiger partial charge in [0.05, 0.1) is 6.61 Å². The maximum atomic E-state index is 11.8. The van der Waals surface area contributed by atoms with E-state index in [1.165, 1.54) is 12.8 Å². The zero-order valence-corrected chi connectivity index (χ0v) is 10.2. The first-order valence-electron chi connectivity index (χ1n) is 6.12. The zero-order valence-electron chi connectivity index (χ0n) is 10.2. The third kappa shape index (κ3) is 6.24. The van der Waals surface area contributed by atoms with Gasteiger partial charge in [0.2, 0.25) is 0 Å². The summed E-state index contributed by atoms with van der Waals surface area (Å²) < 4.78 is 39.8. The van der Waals surface area contributed by atoms with Crippen LogP contribution in [0.2, 0.25) is 0 Å². The summed E-state index contributed by atoms with van der Waals surface area (Å²) in [5, 5.41) is 3.14. The van der Waals surface area contributed by atoms with Crippen molar-refractivity contribution in [3.8, 4) is 0 Å². The second-order valence-corrected chi connectivity index (χ2v) is 4.30. The maximum Gasteiger partial charge on any atom is 0.411 e. The number of hydrogen-bond acceptors (Lipinski definition) is 3. The number of hydrogen-bond donors (Lipinski definition) is 1. The fourth-order valence-corrected chi connectivity index (χ4v) is 2.14. The average Bonchev–Trinajstić information content (AvgIpc) is 2.69. The summed E-state index contributed by atoms with van der Waals surface area (Å²) in [6.07, 6.45) is -1.83. The molecule has 3 nitrogen and oxygen atoms in total. The Morgan fingerprint density at radius 3 is 2.82 bits per heavy atom. The average molecular weight is 254 g/mol. The Labute approximate surface area is 100 Å². The van der Waals surface area contributed by atoms with Gasteiger partial charge in [0.1, 0.15) is 6.61 Å². The number of rotatable bonds is 7. The normalized spacial score (nSPS) is 22.2. The molecule has 1 aliphatic rings. The second kappa shape index (κ2) is 7.18. The van der Waals surface area contributed by atoms with Crippen molar-refractivity contribution in [3.05, 3.63) is 0 Å². The Morgan fingerprint density at radius 2 is 2.18 bits per heavy atom. The van der Waals surface area contributed by atoms with Crippen LogP contribution in [-0.2, 0) is 4.74 Å². The molecule has 6 heteroatoms. The molecule has 1 rings (SSSR count). The highest BCUT2D eigenvalue weighted by molar-refractivity contribution is 4.79. The van der Waals surface area contributed by atoms with Crippen LogP contribution in [0.1, 0.15) is 19.8 Å².